The van der Waals surface area contributed by atoms with E-state index in [-0.39, 0.29) is 12.6 Å². The molecule has 1 aliphatic heterocycles. The van der Waals surface area contributed by atoms with Crippen LogP contribution in [-0.2, 0) is 0 Å². The molecule has 2 N–H and O–H groups in total. The second-order valence-electron chi connectivity index (χ2n) is 4.15. The molecule has 0 unspecified atom stereocenters. The number of nitrogens with one attached hydrogen (secondary N) is 1. The number of hydrogen-bond acceptors (Lipinski definition) is 3. The molecule has 3 nitrogen and oxygen atoms in total. The molecule has 1 atom stereocenters. The van der Waals surface area contributed by atoms with E-state index in [1.165, 1.54) is 0 Å². The third-order valence-corrected chi connectivity index (χ3v) is 3.91. The van der Waals surface area contributed by atoms with Gasteiger partial charge in [-0.25, -0.2) is 0 Å². The maximum absolute atomic E-state index is 9.59. The summed E-state index contributed by atoms with van der Waals surface area (Å²) >= 11 is 9.63. The van der Waals surface area contributed by atoms with Gasteiger partial charge in [-0.15, -0.1) is 0 Å². The highest BCUT2D eigenvalue weighted by Gasteiger charge is 2.23. The van der Waals surface area contributed by atoms with Crippen molar-refractivity contribution in [3.05, 3.63) is 33.3 Å². The van der Waals surface area contributed by atoms with Crippen molar-refractivity contribution < 1.29 is 5.11 Å². The fourth-order valence-electron chi connectivity index (χ4n) is 2.18. The molecular weight excluding hydrogens is 304 g/mol. The minimum Gasteiger partial charge on any atom is -0.394 e. The van der Waals surface area contributed by atoms with Crippen molar-refractivity contribution in [3.63, 3.8) is 0 Å². The standard InChI is InChI=1S/C12H16BrClN2O/c13-9-1-2-10(11(14)7-9)12(8-17)16-5-3-15-4-6-16/h1-2,7,12,15,17H,3-6,8H2/t12-/m0/s1. The molecule has 0 spiro atoms. The summed E-state index contributed by atoms with van der Waals surface area (Å²) in [7, 11) is 0. The first kappa shape index (κ1) is 13.3. The molecule has 0 amide bonds. The third-order valence-electron chi connectivity index (χ3n) is 3.09. The van der Waals surface area contributed by atoms with Gasteiger partial charge >= 0.3 is 0 Å². The van der Waals surface area contributed by atoms with Crippen LogP contribution in [0.3, 0.4) is 0 Å². The van der Waals surface area contributed by atoms with E-state index in [1.54, 1.807) is 0 Å². The second kappa shape index (κ2) is 6.16. The summed E-state index contributed by atoms with van der Waals surface area (Å²) in [5.74, 6) is 0. The van der Waals surface area contributed by atoms with Gasteiger partial charge in [0.05, 0.1) is 12.6 Å². The number of benzene rings is 1. The number of piperazine rings is 1. The highest BCUT2D eigenvalue weighted by molar-refractivity contribution is 9.10. The minimum atomic E-state index is -0.00213. The van der Waals surface area contributed by atoms with Gasteiger partial charge in [0.2, 0.25) is 0 Å². The fourth-order valence-corrected chi connectivity index (χ4v) is 2.98. The van der Waals surface area contributed by atoms with Gasteiger partial charge in [0.1, 0.15) is 0 Å². The monoisotopic (exact) mass is 318 g/mol. The van der Waals surface area contributed by atoms with E-state index in [1.807, 2.05) is 18.2 Å². The predicted octanol–water partition coefficient (Wildman–Crippen LogP) is 2.04. The molecule has 5 heteroatoms. The molecule has 0 aliphatic carbocycles. The van der Waals surface area contributed by atoms with Crippen molar-refractivity contribution in [2.45, 2.75) is 6.04 Å². The third kappa shape index (κ3) is 3.20. The number of aliphatic hydroxyl groups excluding tert-OH is 1. The van der Waals surface area contributed by atoms with Crippen LogP contribution in [0.5, 0.6) is 0 Å². The molecule has 0 aromatic heterocycles. The summed E-state index contributed by atoms with van der Waals surface area (Å²) in [6.45, 7) is 3.91. The first-order chi connectivity index (χ1) is 8.22. The smallest absolute Gasteiger partial charge is 0.0629 e. The zero-order valence-electron chi connectivity index (χ0n) is 9.50. The second-order valence-corrected chi connectivity index (χ2v) is 5.47. The number of halogens is 2. The Kier molecular flexibility index (Phi) is 4.82. The van der Waals surface area contributed by atoms with Crippen molar-refractivity contribution in [2.75, 3.05) is 32.8 Å². The maximum Gasteiger partial charge on any atom is 0.0629 e. The summed E-state index contributed by atoms with van der Waals surface area (Å²) < 4.78 is 0.961. The molecule has 1 heterocycles. The quantitative estimate of drug-likeness (QED) is 0.895. The number of nitrogens with zero attached hydrogens (tertiary/aromatic N) is 1. The molecule has 1 aliphatic rings. The first-order valence-electron chi connectivity index (χ1n) is 5.73. The summed E-state index contributed by atoms with van der Waals surface area (Å²) in [6, 6.07) is 5.82. The first-order valence-corrected chi connectivity index (χ1v) is 6.90. The van der Waals surface area contributed by atoms with E-state index in [9.17, 15) is 5.11 Å². The van der Waals surface area contributed by atoms with Gasteiger partial charge in [-0.05, 0) is 17.7 Å². The SMILES string of the molecule is OC[C@@H](c1ccc(Br)cc1Cl)N1CCNCC1. The van der Waals surface area contributed by atoms with E-state index < -0.39 is 0 Å². The molecule has 1 saturated heterocycles. The van der Waals surface area contributed by atoms with Crippen LogP contribution < -0.4 is 5.32 Å². The van der Waals surface area contributed by atoms with Crippen LogP contribution >= 0.6 is 27.5 Å². The Balaban J connectivity index is 2.21. The van der Waals surface area contributed by atoms with Crippen LogP contribution in [0, 0.1) is 0 Å². The lowest BCUT2D eigenvalue weighted by Crippen LogP contribution is -2.46. The van der Waals surface area contributed by atoms with Gasteiger partial charge in [-0.3, -0.25) is 4.90 Å². The Morgan fingerprint density at radius 1 is 1.41 bits per heavy atom. The maximum atomic E-state index is 9.59. The Labute approximate surface area is 115 Å². The Bertz CT molecular complexity index is 383. The van der Waals surface area contributed by atoms with Gasteiger partial charge < -0.3 is 10.4 Å². The highest BCUT2D eigenvalue weighted by Crippen LogP contribution is 2.29. The summed E-state index contributed by atoms with van der Waals surface area (Å²) in [5.41, 5.74) is 0.999. The Hall–Kier alpha value is -0.130. The largest absolute Gasteiger partial charge is 0.394 e. The Morgan fingerprint density at radius 3 is 2.71 bits per heavy atom. The van der Waals surface area contributed by atoms with Gasteiger partial charge in [0, 0.05) is 35.7 Å². The average molecular weight is 320 g/mol. The van der Waals surface area contributed by atoms with Crippen LogP contribution in [0.25, 0.3) is 0 Å². The Morgan fingerprint density at radius 2 is 2.12 bits per heavy atom. The molecule has 1 aromatic carbocycles. The highest BCUT2D eigenvalue weighted by atomic mass is 79.9. The van der Waals surface area contributed by atoms with E-state index in [0.29, 0.717) is 5.02 Å². The molecule has 1 aromatic rings. The molecule has 0 saturated carbocycles. The molecule has 2 rings (SSSR count). The van der Waals surface area contributed by atoms with Crippen LogP contribution in [-0.4, -0.2) is 42.8 Å². The average Bonchev–Trinajstić information content (AvgIpc) is 2.34. The van der Waals surface area contributed by atoms with Crippen molar-refractivity contribution in [1.29, 1.82) is 0 Å². The molecular formula is C12H16BrClN2O. The van der Waals surface area contributed by atoms with Crippen molar-refractivity contribution in [2.24, 2.45) is 0 Å². The summed E-state index contributed by atoms with van der Waals surface area (Å²) in [5, 5.41) is 13.6. The van der Waals surface area contributed by atoms with Gasteiger partial charge in [-0.2, -0.15) is 0 Å². The lowest BCUT2D eigenvalue weighted by atomic mass is 10.1. The summed E-state index contributed by atoms with van der Waals surface area (Å²) in [4.78, 5) is 2.27. The summed E-state index contributed by atoms with van der Waals surface area (Å²) in [6.07, 6.45) is 0. The number of rotatable bonds is 3. The predicted molar refractivity (Wildman–Crippen MR) is 73.4 cm³/mol. The van der Waals surface area contributed by atoms with E-state index >= 15 is 0 Å². The lowest BCUT2D eigenvalue weighted by Gasteiger charge is -2.34. The zero-order chi connectivity index (χ0) is 12.3. The number of aliphatic hydroxyl groups is 1. The molecule has 0 bridgehead atoms. The van der Waals surface area contributed by atoms with E-state index in [0.717, 1.165) is 36.2 Å². The molecule has 94 valence electrons. The molecule has 1 fully saturated rings. The van der Waals surface area contributed by atoms with Crippen LogP contribution in [0.2, 0.25) is 5.02 Å². The van der Waals surface area contributed by atoms with E-state index in [4.69, 9.17) is 11.6 Å². The van der Waals surface area contributed by atoms with Gasteiger partial charge in [-0.1, -0.05) is 33.6 Å². The van der Waals surface area contributed by atoms with Crippen molar-refractivity contribution >= 4 is 27.5 Å². The fraction of sp³-hybridized carbons (Fsp3) is 0.500. The number of hydrogen-bond donors (Lipinski definition) is 2. The van der Waals surface area contributed by atoms with Crippen LogP contribution in [0.1, 0.15) is 11.6 Å². The van der Waals surface area contributed by atoms with E-state index in [2.05, 4.69) is 26.1 Å². The van der Waals surface area contributed by atoms with Crippen molar-refractivity contribution in [3.8, 4) is 0 Å². The van der Waals surface area contributed by atoms with Crippen LogP contribution in [0.4, 0.5) is 0 Å². The molecule has 0 radical (unpaired) electrons. The normalized spacial score (nSPS) is 19.2. The zero-order valence-corrected chi connectivity index (χ0v) is 11.8. The topological polar surface area (TPSA) is 35.5 Å². The van der Waals surface area contributed by atoms with Crippen molar-refractivity contribution in [1.82, 2.24) is 10.2 Å². The molecule has 17 heavy (non-hydrogen) atoms. The van der Waals surface area contributed by atoms with Crippen LogP contribution in [0.15, 0.2) is 22.7 Å². The minimum absolute atomic E-state index is 0.00213. The van der Waals surface area contributed by atoms with Gasteiger partial charge in [0.15, 0.2) is 0 Å². The lowest BCUT2D eigenvalue weighted by molar-refractivity contribution is 0.111. The van der Waals surface area contributed by atoms with Gasteiger partial charge in [0.25, 0.3) is 0 Å².